The zero-order valence-corrected chi connectivity index (χ0v) is 23.8. The fourth-order valence-corrected chi connectivity index (χ4v) is 4.99. The molecule has 36 heavy (non-hydrogen) atoms. The van der Waals surface area contributed by atoms with Crippen LogP contribution in [0.1, 0.15) is 125 Å². The third-order valence-electron chi connectivity index (χ3n) is 7.28. The SMILES string of the molecule is CCCCCCCCC1=C/C(=C\C=C2C=C(CCCCCCCC)C(=O)C(C(C)C)=C2)C=C(C)C1=O. The number of rotatable bonds is 16. The van der Waals surface area contributed by atoms with Gasteiger partial charge in [-0.1, -0.05) is 104 Å². The lowest BCUT2D eigenvalue weighted by molar-refractivity contribution is -0.113. The van der Waals surface area contributed by atoms with Crippen molar-refractivity contribution >= 4 is 11.6 Å². The van der Waals surface area contributed by atoms with Crippen LogP contribution in [0, 0.1) is 5.92 Å². The second kappa shape index (κ2) is 16.5. The van der Waals surface area contributed by atoms with E-state index in [1.165, 1.54) is 64.2 Å². The van der Waals surface area contributed by atoms with Crippen molar-refractivity contribution in [1.82, 2.24) is 0 Å². The van der Waals surface area contributed by atoms with Gasteiger partial charge in [0.15, 0.2) is 11.6 Å². The first-order valence-electron chi connectivity index (χ1n) is 14.7. The van der Waals surface area contributed by atoms with Gasteiger partial charge < -0.3 is 0 Å². The number of allylic oxidation sites excluding steroid dienone is 12. The van der Waals surface area contributed by atoms with Gasteiger partial charge in [-0.3, -0.25) is 9.59 Å². The summed E-state index contributed by atoms with van der Waals surface area (Å²) in [7, 11) is 0. The summed E-state index contributed by atoms with van der Waals surface area (Å²) in [4.78, 5) is 25.7. The molecule has 0 aromatic rings. The molecule has 0 spiro atoms. The van der Waals surface area contributed by atoms with E-state index in [0.717, 1.165) is 59.1 Å². The molecule has 0 saturated carbocycles. The summed E-state index contributed by atoms with van der Waals surface area (Å²) >= 11 is 0. The van der Waals surface area contributed by atoms with Crippen molar-refractivity contribution in [3.05, 3.63) is 69.9 Å². The highest BCUT2D eigenvalue weighted by Crippen LogP contribution is 2.28. The zero-order valence-electron chi connectivity index (χ0n) is 23.8. The number of ketones is 2. The Morgan fingerprint density at radius 1 is 0.611 bits per heavy atom. The Morgan fingerprint density at radius 3 is 1.56 bits per heavy atom. The van der Waals surface area contributed by atoms with Crippen LogP contribution in [-0.4, -0.2) is 11.6 Å². The third-order valence-corrected chi connectivity index (χ3v) is 7.28. The minimum Gasteiger partial charge on any atom is -0.289 e. The van der Waals surface area contributed by atoms with Gasteiger partial charge in [0.25, 0.3) is 0 Å². The fourth-order valence-electron chi connectivity index (χ4n) is 4.99. The van der Waals surface area contributed by atoms with E-state index in [1.54, 1.807) is 0 Å². The van der Waals surface area contributed by atoms with Gasteiger partial charge in [-0.05, 0) is 79.5 Å². The topological polar surface area (TPSA) is 34.1 Å². The van der Waals surface area contributed by atoms with Gasteiger partial charge in [0.05, 0.1) is 0 Å². The molecule has 0 bridgehead atoms. The highest BCUT2D eigenvalue weighted by molar-refractivity contribution is 6.11. The number of unbranched alkanes of at least 4 members (excludes halogenated alkanes) is 10. The van der Waals surface area contributed by atoms with E-state index in [1.807, 2.05) is 13.0 Å². The van der Waals surface area contributed by atoms with Crippen molar-refractivity contribution in [2.24, 2.45) is 5.92 Å². The molecule has 2 heteroatoms. The fraction of sp³-hybridized carbons (Fsp3) is 0.588. The first kappa shape index (κ1) is 30.0. The molecule has 0 atom stereocenters. The Hall–Kier alpha value is -2.22. The second-order valence-corrected chi connectivity index (χ2v) is 10.9. The van der Waals surface area contributed by atoms with Crippen LogP contribution in [0.3, 0.4) is 0 Å². The molecule has 0 radical (unpaired) electrons. The highest BCUT2D eigenvalue weighted by atomic mass is 16.1. The third kappa shape index (κ3) is 10.0. The highest BCUT2D eigenvalue weighted by Gasteiger charge is 2.22. The van der Waals surface area contributed by atoms with E-state index in [9.17, 15) is 9.59 Å². The summed E-state index contributed by atoms with van der Waals surface area (Å²) in [5, 5.41) is 0. The van der Waals surface area contributed by atoms with Gasteiger partial charge in [0.2, 0.25) is 0 Å². The first-order chi connectivity index (χ1) is 17.4. The average Bonchev–Trinajstić information content (AvgIpc) is 2.85. The Bertz CT molecular complexity index is 930. The molecule has 2 aliphatic rings. The molecule has 0 fully saturated rings. The van der Waals surface area contributed by atoms with Crippen molar-refractivity contribution in [3.8, 4) is 0 Å². The van der Waals surface area contributed by atoms with Gasteiger partial charge in [0.1, 0.15) is 0 Å². The maximum atomic E-state index is 13.1. The van der Waals surface area contributed by atoms with Crippen LogP contribution in [0.4, 0.5) is 0 Å². The van der Waals surface area contributed by atoms with Gasteiger partial charge in [-0.15, -0.1) is 0 Å². The largest absolute Gasteiger partial charge is 0.289 e. The van der Waals surface area contributed by atoms with Crippen LogP contribution in [-0.2, 0) is 9.59 Å². The maximum Gasteiger partial charge on any atom is 0.185 e. The maximum absolute atomic E-state index is 13.1. The average molecular weight is 491 g/mol. The Balaban J connectivity index is 2.11. The van der Waals surface area contributed by atoms with Crippen molar-refractivity contribution in [3.63, 3.8) is 0 Å². The molecule has 0 amide bonds. The van der Waals surface area contributed by atoms with Crippen LogP contribution in [0.15, 0.2) is 69.9 Å². The van der Waals surface area contributed by atoms with E-state index in [4.69, 9.17) is 0 Å². The van der Waals surface area contributed by atoms with E-state index < -0.39 is 0 Å². The molecule has 0 aliphatic heterocycles. The molecule has 0 N–H and O–H groups in total. The van der Waals surface area contributed by atoms with Crippen LogP contribution in [0.25, 0.3) is 0 Å². The Kier molecular flexibility index (Phi) is 13.8. The molecule has 0 heterocycles. The van der Waals surface area contributed by atoms with Crippen molar-refractivity contribution in [2.75, 3.05) is 0 Å². The van der Waals surface area contributed by atoms with Gasteiger partial charge in [-0.25, -0.2) is 0 Å². The summed E-state index contributed by atoms with van der Waals surface area (Å²) in [6.07, 6.45) is 28.9. The molecule has 198 valence electrons. The van der Waals surface area contributed by atoms with Gasteiger partial charge in [0, 0.05) is 16.7 Å². The molecule has 2 aliphatic carbocycles. The van der Waals surface area contributed by atoms with Gasteiger partial charge in [-0.2, -0.15) is 0 Å². The zero-order chi connectivity index (χ0) is 26.3. The molecule has 2 nitrogen and oxygen atoms in total. The van der Waals surface area contributed by atoms with Crippen molar-refractivity contribution in [1.29, 1.82) is 0 Å². The predicted octanol–water partition coefficient (Wildman–Crippen LogP) is 9.89. The summed E-state index contributed by atoms with van der Waals surface area (Å²) in [6, 6.07) is 0. The smallest absolute Gasteiger partial charge is 0.185 e. The number of Topliss-reactive ketones (excluding diaryl/α,β-unsaturated/α-hetero) is 2. The van der Waals surface area contributed by atoms with E-state index in [-0.39, 0.29) is 17.5 Å². The van der Waals surface area contributed by atoms with E-state index >= 15 is 0 Å². The van der Waals surface area contributed by atoms with Crippen molar-refractivity contribution < 1.29 is 9.59 Å². The van der Waals surface area contributed by atoms with E-state index in [2.05, 4.69) is 58.1 Å². The molecular formula is C34H50O2. The quantitative estimate of drug-likeness (QED) is 0.202. The molecule has 2 rings (SSSR count). The lowest BCUT2D eigenvalue weighted by Gasteiger charge is -2.18. The Labute approximate surface area is 221 Å². The normalized spacial score (nSPS) is 18.6. The summed E-state index contributed by atoms with van der Waals surface area (Å²) in [5.41, 5.74) is 5.77. The summed E-state index contributed by atoms with van der Waals surface area (Å²) < 4.78 is 0. The molecule has 0 unspecified atom stereocenters. The number of carbonyl (C=O) groups is 2. The minimum atomic E-state index is 0.194. The lowest BCUT2D eigenvalue weighted by atomic mass is 9.85. The summed E-state index contributed by atoms with van der Waals surface area (Å²) in [5.74, 6) is 0.628. The monoisotopic (exact) mass is 490 g/mol. The molecular weight excluding hydrogens is 440 g/mol. The number of hydrogen-bond acceptors (Lipinski definition) is 2. The summed E-state index contributed by atoms with van der Waals surface area (Å²) in [6.45, 7) is 10.6. The predicted molar refractivity (Wildman–Crippen MR) is 155 cm³/mol. The number of carbonyl (C=O) groups excluding carboxylic acids is 2. The van der Waals surface area contributed by atoms with Crippen LogP contribution in [0.2, 0.25) is 0 Å². The first-order valence-corrected chi connectivity index (χ1v) is 14.7. The van der Waals surface area contributed by atoms with Crippen LogP contribution < -0.4 is 0 Å². The minimum absolute atomic E-state index is 0.194. The lowest BCUT2D eigenvalue weighted by Crippen LogP contribution is -2.15. The second-order valence-electron chi connectivity index (χ2n) is 10.9. The molecule has 0 aromatic heterocycles. The van der Waals surface area contributed by atoms with E-state index in [0.29, 0.717) is 0 Å². The Morgan fingerprint density at radius 2 is 1.06 bits per heavy atom. The number of hydrogen-bond donors (Lipinski definition) is 0. The van der Waals surface area contributed by atoms with Crippen LogP contribution in [0.5, 0.6) is 0 Å². The van der Waals surface area contributed by atoms with Gasteiger partial charge >= 0.3 is 0 Å². The van der Waals surface area contributed by atoms with Crippen molar-refractivity contribution in [2.45, 2.75) is 125 Å². The standard InChI is InChI=1S/C34H50O2/c1-6-8-10-12-14-16-18-30-23-28(22-27(5)33(30)35)20-21-29-24-31(19-17-15-13-11-9-7-2)34(36)32(25-29)26(3)4/h20-26H,6-19H2,1-5H3/b28-20-,29-21?. The van der Waals surface area contributed by atoms with Crippen LogP contribution >= 0.6 is 0 Å². The molecule has 0 saturated heterocycles. The molecule has 0 aromatic carbocycles.